The summed E-state index contributed by atoms with van der Waals surface area (Å²) in [5.41, 5.74) is 4.93. The van der Waals surface area contributed by atoms with Gasteiger partial charge in [0, 0.05) is 12.1 Å². The Morgan fingerprint density at radius 1 is 1.30 bits per heavy atom. The first-order valence-electron chi connectivity index (χ1n) is 5.61. The molecule has 0 atom stereocenters. The van der Waals surface area contributed by atoms with Crippen LogP contribution in [0.2, 0.25) is 5.15 Å². The minimum atomic E-state index is -0.966. The number of halogens is 3. The van der Waals surface area contributed by atoms with Crippen LogP contribution in [0, 0.1) is 11.6 Å². The number of primary amides is 1. The van der Waals surface area contributed by atoms with Gasteiger partial charge in [0.25, 0.3) is 5.91 Å². The van der Waals surface area contributed by atoms with E-state index in [-0.39, 0.29) is 17.7 Å². The van der Waals surface area contributed by atoms with Gasteiger partial charge in [-0.1, -0.05) is 11.6 Å². The molecule has 0 spiro atoms. The van der Waals surface area contributed by atoms with Crippen molar-refractivity contribution in [2.75, 3.05) is 5.32 Å². The van der Waals surface area contributed by atoms with Gasteiger partial charge in [0.15, 0.2) is 0 Å². The third-order valence-corrected chi connectivity index (χ3v) is 2.87. The highest BCUT2D eigenvalue weighted by molar-refractivity contribution is 6.29. The van der Waals surface area contributed by atoms with Gasteiger partial charge >= 0.3 is 0 Å². The Kier molecular flexibility index (Phi) is 4.14. The number of carbonyl (C=O) groups is 1. The van der Waals surface area contributed by atoms with Crippen molar-refractivity contribution < 1.29 is 13.6 Å². The van der Waals surface area contributed by atoms with Gasteiger partial charge in [-0.3, -0.25) is 4.79 Å². The van der Waals surface area contributed by atoms with Crippen molar-refractivity contribution in [2.45, 2.75) is 6.54 Å². The molecule has 1 aromatic carbocycles. The number of amides is 1. The molecule has 2 rings (SSSR count). The lowest BCUT2D eigenvalue weighted by atomic mass is 10.1. The lowest BCUT2D eigenvalue weighted by Crippen LogP contribution is -2.16. The van der Waals surface area contributed by atoms with Crippen molar-refractivity contribution in [2.24, 2.45) is 5.73 Å². The molecule has 0 saturated carbocycles. The molecule has 0 fully saturated rings. The van der Waals surface area contributed by atoms with Crippen LogP contribution < -0.4 is 11.1 Å². The van der Waals surface area contributed by atoms with Crippen LogP contribution in [0.1, 0.15) is 15.9 Å². The molecule has 0 saturated heterocycles. The summed E-state index contributed by atoms with van der Waals surface area (Å²) >= 11 is 5.62. The van der Waals surface area contributed by atoms with Crippen LogP contribution in [0.15, 0.2) is 30.5 Å². The van der Waals surface area contributed by atoms with Gasteiger partial charge in [-0.25, -0.2) is 13.8 Å². The Hall–Kier alpha value is -2.21. The van der Waals surface area contributed by atoms with Crippen LogP contribution in [0.4, 0.5) is 14.5 Å². The number of hydrogen-bond acceptors (Lipinski definition) is 3. The fourth-order valence-corrected chi connectivity index (χ4v) is 1.73. The average molecular weight is 298 g/mol. The maximum Gasteiger partial charge on any atom is 0.251 e. The monoisotopic (exact) mass is 297 g/mol. The molecule has 0 bridgehead atoms. The zero-order valence-electron chi connectivity index (χ0n) is 10.2. The average Bonchev–Trinajstić information content (AvgIpc) is 2.40. The van der Waals surface area contributed by atoms with Crippen molar-refractivity contribution in [3.8, 4) is 0 Å². The number of aromatic nitrogens is 1. The Bertz CT molecular complexity index is 647. The summed E-state index contributed by atoms with van der Waals surface area (Å²) < 4.78 is 27.5. The van der Waals surface area contributed by atoms with Crippen molar-refractivity contribution in [1.29, 1.82) is 0 Å². The number of pyridine rings is 1. The fraction of sp³-hybridized carbons (Fsp3) is 0.0769. The molecule has 4 nitrogen and oxygen atoms in total. The SMILES string of the molecule is NC(=O)c1ccc(F)c(CNc2ccc(Cl)nc2)c1F. The quantitative estimate of drug-likeness (QED) is 0.853. The molecule has 0 aliphatic rings. The Morgan fingerprint density at radius 3 is 2.65 bits per heavy atom. The molecule has 1 amide bonds. The summed E-state index contributed by atoms with van der Waals surface area (Å²) in [6.45, 7) is -0.151. The predicted molar refractivity (Wildman–Crippen MR) is 71.4 cm³/mol. The maximum atomic E-state index is 13.9. The summed E-state index contributed by atoms with van der Waals surface area (Å²) in [4.78, 5) is 14.8. The Labute approximate surface area is 118 Å². The van der Waals surface area contributed by atoms with Gasteiger partial charge in [-0.2, -0.15) is 0 Å². The van der Waals surface area contributed by atoms with Gasteiger partial charge in [0.2, 0.25) is 0 Å². The molecule has 0 aliphatic carbocycles. The second kappa shape index (κ2) is 5.83. The number of hydrogen-bond donors (Lipinski definition) is 2. The van der Waals surface area contributed by atoms with E-state index in [1.165, 1.54) is 12.3 Å². The molecule has 2 aromatic rings. The van der Waals surface area contributed by atoms with Crippen molar-refractivity contribution >= 4 is 23.2 Å². The molecular weight excluding hydrogens is 288 g/mol. The van der Waals surface area contributed by atoms with E-state index in [1.54, 1.807) is 6.07 Å². The molecular formula is C13H10ClF2N3O. The molecule has 104 valence electrons. The Balaban J connectivity index is 2.22. The van der Waals surface area contributed by atoms with E-state index in [1.807, 2.05) is 0 Å². The van der Waals surface area contributed by atoms with E-state index >= 15 is 0 Å². The molecule has 0 aliphatic heterocycles. The van der Waals surface area contributed by atoms with E-state index in [4.69, 9.17) is 17.3 Å². The molecule has 0 radical (unpaired) electrons. The standard InChI is InChI=1S/C13H10ClF2N3O/c14-11-4-1-7(5-19-11)18-6-9-10(15)3-2-8(12(9)16)13(17)20/h1-5,18H,6H2,(H2,17,20). The summed E-state index contributed by atoms with van der Waals surface area (Å²) in [5.74, 6) is -2.68. The fourth-order valence-electron chi connectivity index (χ4n) is 1.62. The highest BCUT2D eigenvalue weighted by Crippen LogP contribution is 2.19. The van der Waals surface area contributed by atoms with E-state index in [9.17, 15) is 13.6 Å². The first-order valence-corrected chi connectivity index (χ1v) is 5.99. The third kappa shape index (κ3) is 3.03. The molecule has 0 unspecified atom stereocenters. The van der Waals surface area contributed by atoms with E-state index in [0.29, 0.717) is 10.8 Å². The Morgan fingerprint density at radius 2 is 2.05 bits per heavy atom. The number of nitrogens with one attached hydrogen (secondary N) is 1. The van der Waals surface area contributed by atoms with Gasteiger partial charge < -0.3 is 11.1 Å². The minimum Gasteiger partial charge on any atom is -0.379 e. The van der Waals surface area contributed by atoms with E-state index < -0.39 is 17.5 Å². The van der Waals surface area contributed by atoms with Gasteiger partial charge in [0.1, 0.15) is 16.8 Å². The number of rotatable bonds is 4. The van der Waals surface area contributed by atoms with Gasteiger partial charge in [-0.05, 0) is 24.3 Å². The number of carbonyl (C=O) groups excluding carboxylic acids is 1. The molecule has 1 heterocycles. The lowest BCUT2D eigenvalue weighted by molar-refractivity contribution is 0.0996. The van der Waals surface area contributed by atoms with Crippen LogP contribution in [0.5, 0.6) is 0 Å². The zero-order chi connectivity index (χ0) is 14.7. The summed E-state index contributed by atoms with van der Waals surface area (Å²) in [6, 6.07) is 5.17. The summed E-state index contributed by atoms with van der Waals surface area (Å²) in [6.07, 6.45) is 1.43. The third-order valence-electron chi connectivity index (χ3n) is 2.65. The second-order valence-corrected chi connectivity index (χ2v) is 4.36. The highest BCUT2D eigenvalue weighted by Gasteiger charge is 2.16. The summed E-state index contributed by atoms with van der Waals surface area (Å²) in [7, 11) is 0. The normalized spacial score (nSPS) is 10.3. The van der Waals surface area contributed by atoms with Crippen LogP contribution in [-0.4, -0.2) is 10.9 Å². The predicted octanol–water partition coefficient (Wildman–Crippen LogP) is 2.72. The highest BCUT2D eigenvalue weighted by atomic mass is 35.5. The second-order valence-electron chi connectivity index (χ2n) is 3.97. The maximum absolute atomic E-state index is 13.9. The van der Waals surface area contributed by atoms with Crippen molar-refractivity contribution in [1.82, 2.24) is 4.98 Å². The van der Waals surface area contributed by atoms with E-state index in [2.05, 4.69) is 10.3 Å². The number of anilines is 1. The van der Waals surface area contributed by atoms with Gasteiger partial charge in [0.05, 0.1) is 17.4 Å². The smallest absolute Gasteiger partial charge is 0.251 e. The summed E-state index contributed by atoms with van der Waals surface area (Å²) in [5, 5.41) is 3.09. The lowest BCUT2D eigenvalue weighted by Gasteiger charge is -2.10. The minimum absolute atomic E-state index is 0.151. The molecule has 1 aromatic heterocycles. The zero-order valence-corrected chi connectivity index (χ0v) is 10.9. The van der Waals surface area contributed by atoms with Crippen LogP contribution >= 0.6 is 11.6 Å². The number of benzene rings is 1. The first-order chi connectivity index (χ1) is 9.49. The number of nitrogens with zero attached hydrogens (tertiary/aromatic N) is 1. The van der Waals surface area contributed by atoms with Gasteiger partial charge in [-0.15, -0.1) is 0 Å². The van der Waals surface area contributed by atoms with E-state index in [0.717, 1.165) is 12.1 Å². The number of nitrogens with two attached hydrogens (primary N) is 1. The van der Waals surface area contributed by atoms with Crippen LogP contribution in [0.25, 0.3) is 0 Å². The topological polar surface area (TPSA) is 68.0 Å². The molecule has 3 N–H and O–H groups in total. The first kappa shape index (κ1) is 14.2. The van der Waals surface area contributed by atoms with Crippen LogP contribution in [-0.2, 0) is 6.54 Å². The van der Waals surface area contributed by atoms with Crippen molar-refractivity contribution in [3.05, 3.63) is 58.4 Å². The van der Waals surface area contributed by atoms with Crippen molar-refractivity contribution in [3.63, 3.8) is 0 Å². The largest absolute Gasteiger partial charge is 0.379 e. The van der Waals surface area contributed by atoms with Crippen LogP contribution in [0.3, 0.4) is 0 Å². The molecule has 20 heavy (non-hydrogen) atoms. The molecule has 7 heteroatoms.